The number of aliphatic carboxylic acids is 1. The molecule has 0 spiro atoms. The van der Waals surface area contributed by atoms with Crippen LogP contribution in [0.2, 0.25) is 0 Å². The van der Waals surface area contributed by atoms with Crippen LogP contribution in [0, 0.1) is 0 Å². The van der Waals surface area contributed by atoms with Crippen molar-refractivity contribution >= 4 is 17.6 Å². The van der Waals surface area contributed by atoms with Gasteiger partial charge in [-0.1, -0.05) is 25.0 Å². The number of anilines is 1. The standard InChI is InChI=1S/C15H19NO4/c17-14(10-20-13-3-1-2-4-13)16-12-7-5-11(6-8-12)9-15(18)19/h5-8,13H,1-4,9-10H2,(H,16,17)(H,18,19). The van der Waals surface area contributed by atoms with Gasteiger partial charge in [-0.15, -0.1) is 0 Å². The number of hydrogen-bond donors (Lipinski definition) is 2. The third-order valence-corrected chi connectivity index (χ3v) is 3.35. The van der Waals surface area contributed by atoms with Crippen molar-refractivity contribution in [1.82, 2.24) is 0 Å². The summed E-state index contributed by atoms with van der Waals surface area (Å²) in [6.07, 6.45) is 4.64. The highest BCUT2D eigenvalue weighted by molar-refractivity contribution is 5.91. The van der Waals surface area contributed by atoms with Gasteiger partial charge in [-0.25, -0.2) is 0 Å². The van der Waals surface area contributed by atoms with Gasteiger partial charge in [-0.05, 0) is 30.5 Å². The van der Waals surface area contributed by atoms with Crippen molar-refractivity contribution in [2.75, 3.05) is 11.9 Å². The maximum Gasteiger partial charge on any atom is 0.307 e. The first kappa shape index (κ1) is 14.5. The average Bonchev–Trinajstić information content (AvgIpc) is 2.91. The number of hydrogen-bond acceptors (Lipinski definition) is 3. The Morgan fingerprint density at radius 1 is 1.20 bits per heavy atom. The van der Waals surface area contributed by atoms with Gasteiger partial charge in [-0.2, -0.15) is 0 Å². The van der Waals surface area contributed by atoms with Crippen LogP contribution in [0.3, 0.4) is 0 Å². The highest BCUT2D eigenvalue weighted by Gasteiger charge is 2.16. The van der Waals surface area contributed by atoms with Crippen LogP contribution in [0.4, 0.5) is 5.69 Å². The molecule has 2 rings (SSSR count). The van der Waals surface area contributed by atoms with E-state index in [0.29, 0.717) is 11.3 Å². The monoisotopic (exact) mass is 277 g/mol. The van der Waals surface area contributed by atoms with E-state index in [1.165, 1.54) is 12.8 Å². The van der Waals surface area contributed by atoms with Gasteiger partial charge in [-0.3, -0.25) is 9.59 Å². The largest absolute Gasteiger partial charge is 0.481 e. The zero-order valence-corrected chi connectivity index (χ0v) is 11.3. The number of ether oxygens (including phenoxy) is 1. The molecule has 0 aliphatic heterocycles. The van der Waals surface area contributed by atoms with Crippen LogP contribution in [0.25, 0.3) is 0 Å². The number of nitrogens with one attached hydrogen (secondary N) is 1. The maximum absolute atomic E-state index is 11.7. The Bertz CT molecular complexity index is 463. The Labute approximate surface area is 117 Å². The number of amides is 1. The highest BCUT2D eigenvalue weighted by Crippen LogP contribution is 2.20. The van der Waals surface area contributed by atoms with E-state index in [0.717, 1.165) is 12.8 Å². The molecule has 0 radical (unpaired) electrons. The Morgan fingerprint density at radius 3 is 2.45 bits per heavy atom. The first-order valence-electron chi connectivity index (χ1n) is 6.85. The van der Waals surface area contributed by atoms with E-state index in [-0.39, 0.29) is 25.0 Å². The lowest BCUT2D eigenvalue weighted by Gasteiger charge is -2.11. The first-order valence-corrected chi connectivity index (χ1v) is 6.85. The van der Waals surface area contributed by atoms with Crippen LogP contribution in [-0.2, 0) is 20.7 Å². The lowest BCUT2D eigenvalue weighted by Crippen LogP contribution is -2.21. The molecule has 1 saturated carbocycles. The zero-order chi connectivity index (χ0) is 14.4. The molecule has 0 aromatic heterocycles. The summed E-state index contributed by atoms with van der Waals surface area (Å²) >= 11 is 0. The fraction of sp³-hybridized carbons (Fsp3) is 0.467. The third kappa shape index (κ3) is 4.66. The summed E-state index contributed by atoms with van der Waals surface area (Å²) in [5.74, 6) is -1.05. The fourth-order valence-corrected chi connectivity index (χ4v) is 2.33. The molecule has 1 amide bonds. The van der Waals surface area contributed by atoms with Gasteiger partial charge in [0, 0.05) is 5.69 Å². The van der Waals surface area contributed by atoms with Crippen molar-refractivity contribution in [1.29, 1.82) is 0 Å². The molecule has 1 fully saturated rings. The molecule has 5 nitrogen and oxygen atoms in total. The number of carbonyl (C=O) groups is 2. The fourth-order valence-electron chi connectivity index (χ4n) is 2.33. The number of carboxylic acid groups (broad SMARTS) is 1. The molecule has 2 N–H and O–H groups in total. The smallest absolute Gasteiger partial charge is 0.307 e. The van der Waals surface area contributed by atoms with Crippen LogP contribution in [-0.4, -0.2) is 29.7 Å². The summed E-state index contributed by atoms with van der Waals surface area (Å²) in [5, 5.41) is 11.4. The summed E-state index contributed by atoms with van der Waals surface area (Å²) in [4.78, 5) is 22.3. The SMILES string of the molecule is O=C(O)Cc1ccc(NC(=O)COC2CCCC2)cc1. The minimum atomic E-state index is -0.869. The summed E-state index contributed by atoms with van der Waals surface area (Å²) in [6, 6.07) is 6.79. The molecule has 1 aliphatic carbocycles. The van der Waals surface area contributed by atoms with Crippen molar-refractivity contribution in [3.8, 4) is 0 Å². The van der Waals surface area contributed by atoms with Gasteiger partial charge >= 0.3 is 5.97 Å². The molecule has 1 aliphatic rings. The van der Waals surface area contributed by atoms with Crippen LogP contribution < -0.4 is 5.32 Å². The quantitative estimate of drug-likeness (QED) is 0.836. The Morgan fingerprint density at radius 2 is 1.85 bits per heavy atom. The van der Waals surface area contributed by atoms with Gasteiger partial charge in [0.25, 0.3) is 0 Å². The number of carboxylic acids is 1. The minimum absolute atomic E-state index is 0.0149. The molecule has 108 valence electrons. The molecular weight excluding hydrogens is 258 g/mol. The first-order chi connectivity index (χ1) is 9.63. The predicted molar refractivity (Wildman–Crippen MR) is 74.6 cm³/mol. The van der Waals surface area contributed by atoms with E-state index in [4.69, 9.17) is 9.84 Å². The minimum Gasteiger partial charge on any atom is -0.481 e. The molecule has 0 bridgehead atoms. The van der Waals surface area contributed by atoms with Crippen LogP contribution >= 0.6 is 0 Å². The van der Waals surface area contributed by atoms with Gasteiger partial charge in [0.2, 0.25) is 5.91 Å². The van der Waals surface area contributed by atoms with E-state index in [9.17, 15) is 9.59 Å². The van der Waals surface area contributed by atoms with E-state index in [1.54, 1.807) is 24.3 Å². The van der Waals surface area contributed by atoms with Crippen molar-refractivity contribution in [2.24, 2.45) is 0 Å². The molecule has 0 atom stereocenters. The normalized spacial score (nSPS) is 15.2. The summed E-state index contributed by atoms with van der Waals surface area (Å²) in [5.41, 5.74) is 1.36. The number of rotatable bonds is 6. The lowest BCUT2D eigenvalue weighted by molar-refractivity contribution is -0.136. The highest BCUT2D eigenvalue weighted by atomic mass is 16.5. The second kappa shape index (κ2) is 7.05. The molecule has 20 heavy (non-hydrogen) atoms. The van der Waals surface area contributed by atoms with Gasteiger partial charge in [0.15, 0.2) is 0 Å². The van der Waals surface area contributed by atoms with E-state index < -0.39 is 5.97 Å². The summed E-state index contributed by atoms with van der Waals surface area (Å²) in [7, 11) is 0. The van der Waals surface area contributed by atoms with Crippen molar-refractivity contribution in [3.05, 3.63) is 29.8 Å². The molecule has 5 heteroatoms. The summed E-state index contributed by atoms with van der Waals surface area (Å²) < 4.78 is 5.52. The Hall–Kier alpha value is -1.88. The van der Waals surface area contributed by atoms with Crippen LogP contribution in [0.15, 0.2) is 24.3 Å². The number of benzene rings is 1. The van der Waals surface area contributed by atoms with Gasteiger partial charge < -0.3 is 15.2 Å². The average molecular weight is 277 g/mol. The van der Waals surface area contributed by atoms with E-state index >= 15 is 0 Å². The second-order valence-corrected chi connectivity index (χ2v) is 5.03. The zero-order valence-electron chi connectivity index (χ0n) is 11.3. The topological polar surface area (TPSA) is 75.6 Å². The van der Waals surface area contributed by atoms with Crippen molar-refractivity contribution in [3.63, 3.8) is 0 Å². The second-order valence-electron chi connectivity index (χ2n) is 5.03. The van der Waals surface area contributed by atoms with Crippen molar-refractivity contribution < 1.29 is 19.4 Å². The summed E-state index contributed by atoms with van der Waals surface area (Å²) in [6.45, 7) is 0.0710. The van der Waals surface area contributed by atoms with E-state index in [2.05, 4.69) is 5.32 Å². The van der Waals surface area contributed by atoms with Crippen LogP contribution in [0.5, 0.6) is 0 Å². The lowest BCUT2D eigenvalue weighted by atomic mass is 10.1. The Kier molecular flexibility index (Phi) is 5.12. The predicted octanol–water partition coefficient (Wildman–Crippen LogP) is 2.21. The Balaban J connectivity index is 1.76. The molecule has 0 unspecified atom stereocenters. The molecule has 0 heterocycles. The molecular formula is C15H19NO4. The van der Waals surface area contributed by atoms with Gasteiger partial charge in [0.05, 0.1) is 12.5 Å². The molecule has 1 aromatic carbocycles. The molecule has 0 saturated heterocycles. The van der Waals surface area contributed by atoms with Gasteiger partial charge in [0.1, 0.15) is 6.61 Å². The van der Waals surface area contributed by atoms with Crippen molar-refractivity contribution in [2.45, 2.75) is 38.2 Å². The van der Waals surface area contributed by atoms with Crippen LogP contribution in [0.1, 0.15) is 31.2 Å². The third-order valence-electron chi connectivity index (χ3n) is 3.35. The maximum atomic E-state index is 11.7. The molecule has 1 aromatic rings. The number of carbonyl (C=O) groups excluding carboxylic acids is 1. The van der Waals surface area contributed by atoms with E-state index in [1.807, 2.05) is 0 Å².